The van der Waals surface area contributed by atoms with Crippen molar-refractivity contribution in [2.45, 2.75) is 57.4 Å². The third kappa shape index (κ3) is 2.42. The molecule has 5 fully saturated rings. The average molecular weight is 295 g/mol. The van der Waals surface area contributed by atoms with Crippen molar-refractivity contribution < 1.29 is 0 Å². The van der Waals surface area contributed by atoms with Crippen LogP contribution in [0.25, 0.3) is 0 Å². The number of benzene rings is 1. The quantitative estimate of drug-likeness (QED) is 0.828. The summed E-state index contributed by atoms with van der Waals surface area (Å²) in [5, 5.41) is 3.85. The van der Waals surface area contributed by atoms with Crippen LogP contribution in [0.2, 0.25) is 0 Å². The Kier molecular flexibility index (Phi) is 3.32. The van der Waals surface area contributed by atoms with Gasteiger partial charge < -0.3 is 5.32 Å². The molecule has 22 heavy (non-hydrogen) atoms. The molecule has 0 aromatic heterocycles. The second-order valence-corrected chi connectivity index (χ2v) is 8.70. The molecule has 5 aliphatic carbocycles. The first kappa shape index (κ1) is 13.6. The standard InChI is InChI=1S/C21H29N/c1-2-4-20(16-5-6-16)17(3-1)12-22-13-21-18-8-14-7-15(10-18)11-19(21)9-14/h1-4,14-16,18-19,21-22H,5-13H2. The highest BCUT2D eigenvalue weighted by Gasteiger charge is 2.47. The van der Waals surface area contributed by atoms with Gasteiger partial charge in [-0.2, -0.15) is 0 Å². The van der Waals surface area contributed by atoms with Crippen LogP contribution < -0.4 is 5.32 Å². The number of hydrogen-bond acceptors (Lipinski definition) is 1. The lowest BCUT2D eigenvalue weighted by molar-refractivity contribution is -0.0355. The Morgan fingerprint density at radius 1 is 0.864 bits per heavy atom. The third-order valence-corrected chi connectivity index (χ3v) is 7.19. The fourth-order valence-electron chi connectivity index (χ4n) is 6.23. The summed E-state index contributed by atoms with van der Waals surface area (Å²) >= 11 is 0. The molecule has 0 amide bonds. The number of rotatable bonds is 5. The number of hydrogen-bond donors (Lipinski definition) is 1. The second kappa shape index (κ2) is 5.37. The van der Waals surface area contributed by atoms with Crippen molar-refractivity contribution in [3.05, 3.63) is 35.4 Å². The van der Waals surface area contributed by atoms with Crippen LogP contribution in [0.15, 0.2) is 24.3 Å². The lowest BCUT2D eigenvalue weighted by Gasteiger charge is -2.54. The van der Waals surface area contributed by atoms with Crippen LogP contribution in [0.3, 0.4) is 0 Å². The number of nitrogens with one attached hydrogen (secondary N) is 1. The van der Waals surface area contributed by atoms with Crippen LogP contribution in [-0.2, 0) is 6.54 Å². The lowest BCUT2D eigenvalue weighted by Crippen LogP contribution is -2.48. The monoisotopic (exact) mass is 295 g/mol. The maximum atomic E-state index is 3.85. The SMILES string of the molecule is c1ccc(C2CC2)c(CNCC2C3CC4CC(C3)CC2C4)c1. The van der Waals surface area contributed by atoms with Gasteiger partial charge in [0.1, 0.15) is 0 Å². The van der Waals surface area contributed by atoms with Gasteiger partial charge in [-0.1, -0.05) is 24.3 Å². The van der Waals surface area contributed by atoms with E-state index in [9.17, 15) is 0 Å². The van der Waals surface area contributed by atoms with E-state index in [1.807, 2.05) is 0 Å². The highest BCUT2D eigenvalue weighted by atomic mass is 14.9. The van der Waals surface area contributed by atoms with Crippen molar-refractivity contribution in [1.29, 1.82) is 0 Å². The van der Waals surface area contributed by atoms with Crippen LogP contribution in [0.5, 0.6) is 0 Å². The van der Waals surface area contributed by atoms with Crippen molar-refractivity contribution in [2.75, 3.05) is 6.54 Å². The minimum Gasteiger partial charge on any atom is -0.312 e. The molecular formula is C21H29N. The van der Waals surface area contributed by atoms with Gasteiger partial charge in [-0.3, -0.25) is 0 Å². The summed E-state index contributed by atoms with van der Waals surface area (Å²) in [4.78, 5) is 0. The molecule has 1 aromatic carbocycles. The van der Waals surface area contributed by atoms with Gasteiger partial charge in [-0.15, -0.1) is 0 Å². The molecule has 1 aromatic rings. The van der Waals surface area contributed by atoms with E-state index in [1.165, 1.54) is 19.4 Å². The maximum absolute atomic E-state index is 3.85. The maximum Gasteiger partial charge on any atom is 0.0208 e. The van der Waals surface area contributed by atoms with Gasteiger partial charge in [0, 0.05) is 6.54 Å². The molecule has 6 rings (SSSR count). The molecule has 1 nitrogen and oxygen atoms in total. The van der Waals surface area contributed by atoms with Crippen molar-refractivity contribution in [3.63, 3.8) is 0 Å². The zero-order valence-electron chi connectivity index (χ0n) is 13.6. The minimum absolute atomic E-state index is 0.874. The first-order valence-corrected chi connectivity index (χ1v) is 9.65. The molecule has 0 unspecified atom stereocenters. The second-order valence-electron chi connectivity index (χ2n) is 8.70. The van der Waals surface area contributed by atoms with E-state index in [-0.39, 0.29) is 0 Å². The van der Waals surface area contributed by atoms with Gasteiger partial charge in [0.05, 0.1) is 0 Å². The van der Waals surface area contributed by atoms with Crippen LogP contribution in [-0.4, -0.2) is 6.54 Å². The predicted molar refractivity (Wildman–Crippen MR) is 90.7 cm³/mol. The van der Waals surface area contributed by atoms with E-state index >= 15 is 0 Å². The van der Waals surface area contributed by atoms with Crippen molar-refractivity contribution in [2.24, 2.45) is 29.6 Å². The summed E-state index contributed by atoms with van der Waals surface area (Å²) in [6, 6.07) is 9.13. The Balaban J connectivity index is 1.21. The Morgan fingerprint density at radius 2 is 1.55 bits per heavy atom. The van der Waals surface area contributed by atoms with Crippen molar-refractivity contribution in [1.82, 2.24) is 5.32 Å². The van der Waals surface area contributed by atoms with Crippen molar-refractivity contribution >= 4 is 0 Å². The van der Waals surface area contributed by atoms with Crippen LogP contribution >= 0.6 is 0 Å². The van der Waals surface area contributed by atoms with Crippen molar-refractivity contribution in [3.8, 4) is 0 Å². The van der Waals surface area contributed by atoms with Gasteiger partial charge >= 0.3 is 0 Å². The van der Waals surface area contributed by atoms with Gasteiger partial charge in [-0.25, -0.2) is 0 Å². The van der Waals surface area contributed by atoms with E-state index in [4.69, 9.17) is 0 Å². The summed E-state index contributed by atoms with van der Waals surface area (Å²) < 4.78 is 0. The summed E-state index contributed by atoms with van der Waals surface area (Å²) in [7, 11) is 0. The van der Waals surface area contributed by atoms with E-state index in [0.717, 1.165) is 42.1 Å². The van der Waals surface area contributed by atoms with Gasteiger partial charge in [-0.05, 0) is 98.1 Å². The molecule has 0 saturated heterocycles. The molecule has 0 spiro atoms. The van der Waals surface area contributed by atoms with Gasteiger partial charge in [0.25, 0.3) is 0 Å². The molecule has 1 N–H and O–H groups in total. The van der Waals surface area contributed by atoms with Gasteiger partial charge in [0.2, 0.25) is 0 Å². The summed E-state index contributed by atoms with van der Waals surface area (Å²) in [5.74, 6) is 6.19. The smallest absolute Gasteiger partial charge is 0.0208 e. The van der Waals surface area contributed by atoms with Crippen LogP contribution in [0.1, 0.15) is 62.0 Å². The normalized spacial score (nSPS) is 39.4. The first-order chi connectivity index (χ1) is 10.9. The molecular weight excluding hydrogens is 266 g/mol. The predicted octanol–water partition coefficient (Wildman–Crippen LogP) is 4.73. The fraction of sp³-hybridized carbons (Fsp3) is 0.714. The van der Waals surface area contributed by atoms with Crippen LogP contribution in [0.4, 0.5) is 0 Å². The summed E-state index contributed by atoms with van der Waals surface area (Å²) in [6.45, 7) is 2.36. The highest BCUT2D eigenvalue weighted by Crippen LogP contribution is 2.56. The van der Waals surface area contributed by atoms with E-state index in [1.54, 1.807) is 43.2 Å². The molecule has 5 saturated carbocycles. The highest BCUT2D eigenvalue weighted by molar-refractivity contribution is 5.33. The topological polar surface area (TPSA) is 12.0 Å². The zero-order chi connectivity index (χ0) is 14.5. The Labute approximate surface area is 134 Å². The molecule has 1 heteroatoms. The first-order valence-electron chi connectivity index (χ1n) is 9.65. The van der Waals surface area contributed by atoms with E-state index in [0.29, 0.717) is 0 Å². The molecule has 0 aliphatic heterocycles. The molecule has 4 bridgehead atoms. The lowest BCUT2D eigenvalue weighted by atomic mass is 9.52. The zero-order valence-corrected chi connectivity index (χ0v) is 13.6. The molecule has 0 atom stereocenters. The Morgan fingerprint density at radius 3 is 2.23 bits per heavy atom. The third-order valence-electron chi connectivity index (χ3n) is 7.19. The Bertz CT molecular complexity index is 517. The van der Waals surface area contributed by atoms with E-state index < -0.39 is 0 Å². The molecule has 5 aliphatic rings. The van der Waals surface area contributed by atoms with E-state index in [2.05, 4.69) is 29.6 Å². The largest absolute Gasteiger partial charge is 0.312 e. The Hall–Kier alpha value is -0.820. The van der Waals surface area contributed by atoms with Gasteiger partial charge in [0.15, 0.2) is 0 Å². The average Bonchev–Trinajstić information content (AvgIpc) is 3.34. The molecule has 118 valence electrons. The van der Waals surface area contributed by atoms with Crippen LogP contribution in [0, 0.1) is 29.6 Å². The summed E-state index contributed by atoms with van der Waals surface area (Å²) in [5.41, 5.74) is 3.19. The summed E-state index contributed by atoms with van der Waals surface area (Å²) in [6.07, 6.45) is 10.6. The molecule has 0 radical (unpaired) electrons. The minimum atomic E-state index is 0.874. The molecule has 0 heterocycles. The fourth-order valence-corrected chi connectivity index (χ4v) is 6.23.